The summed E-state index contributed by atoms with van der Waals surface area (Å²) in [5, 5.41) is 1.89. The predicted molar refractivity (Wildman–Crippen MR) is 105 cm³/mol. The maximum Gasteiger partial charge on any atom is 0.410 e. The summed E-state index contributed by atoms with van der Waals surface area (Å²) >= 11 is 0. The van der Waals surface area contributed by atoms with Crippen molar-refractivity contribution in [1.82, 2.24) is 9.88 Å². The average Bonchev–Trinajstić information content (AvgIpc) is 2.64. The molecule has 0 spiro atoms. The minimum Gasteiger partial charge on any atom is -0.444 e. The zero-order valence-electron chi connectivity index (χ0n) is 16.6. The number of fused-ring (bicyclic) bond motifs is 3. The highest BCUT2D eigenvalue weighted by Crippen LogP contribution is 2.35. The number of benzene rings is 1. The van der Waals surface area contributed by atoms with E-state index in [4.69, 9.17) is 9.47 Å². The van der Waals surface area contributed by atoms with E-state index in [1.807, 2.05) is 45.0 Å². The number of aromatic nitrogens is 1. The molecule has 2 saturated heterocycles. The molecular formula is C22H26N2O4. The number of piperidine rings is 1. The normalized spacial score (nSPS) is 24.8. The first-order chi connectivity index (χ1) is 13.3. The molecule has 2 unspecified atom stereocenters. The topological polar surface area (TPSA) is 68.7 Å². The van der Waals surface area contributed by atoms with Gasteiger partial charge in [-0.15, -0.1) is 0 Å². The summed E-state index contributed by atoms with van der Waals surface area (Å²) in [5.74, 6) is -0.0461. The van der Waals surface area contributed by atoms with Gasteiger partial charge in [-0.2, -0.15) is 0 Å². The maximum absolute atomic E-state index is 13.3. The minimum atomic E-state index is -0.548. The van der Waals surface area contributed by atoms with E-state index in [-0.39, 0.29) is 29.9 Å². The van der Waals surface area contributed by atoms with Gasteiger partial charge in [-0.3, -0.25) is 14.7 Å². The molecule has 28 heavy (non-hydrogen) atoms. The van der Waals surface area contributed by atoms with Gasteiger partial charge in [0.1, 0.15) is 5.60 Å². The Balaban J connectivity index is 1.57. The van der Waals surface area contributed by atoms with Crippen molar-refractivity contribution in [1.29, 1.82) is 0 Å². The number of hydrogen-bond acceptors (Lipinski definition) is 5. The Hall–Kier alpha value is -2.47. The van der Waals surface area contributed by atoms with Crippen LogP contribution < -0.4 is 0 Å². The largest absolute Gasteiger partial charge is 0.444 e. The number of carbonyl (C=O) groups is 2. The monoisotopic (exact) mass is 382 g/mol. The van der Waals surface area contributed by atoms with Crippen LogP contribution in [0.2, 0.25) is 0 Å². The van der Waals surface area contributed by atoms with Crippen molar-refractivity contribution in [2.24, 2.45) is 5.92 Å². The first-order valence-corrected chi connectivity index (χ1v) is 9.79. The summed E-state index contributed by atoms with van der Waals surface area (Å²) in [6.45, 7) is 6.46. The molecule has 2 aliphatic rings. The highest BCUT2D eigenvalue weighted by atomic mass is 16.6. The molecule has 2 fully saturated rings. The van der Waals surface area contributed by atoms with Crippen molar-refractivity contribution in [3.05, 3.63) is 42.2 Å². The van der Waals surface area contributed by atoms with E-state index in [0.29, 0.717) is 31.6 Å². The molecule has 0 N–H and O–H groups in total. The van der Waals surface area contributed by atoms with Crippen LogP contribution in [0.1, 0.15) is 44.0 Å². The fourth-order valence-corrected chi connectivity index (χ4v) is 4.27. The summed E-state index contributed by atoms with van der Waals surface area (Å²) in [6, 6.07) is 7.53. The van der Waals surface area contributed by atoms with E-state index < -0.39 is 5.60 Å². The quantitative estimate of drug-likeness (QED) is 0.739. The van der Waals surface area contributed by atoms with Gasteiger partial charge >= 0.3 is 6.09 Å². The van der Waals surface area contributed by atoms with E-state index in [9.17, 15) is 9.59 Å². The van der Waals surface area contributed by atoms with Crippen LogP contribution in [0, 0.1) is 5.92 Å². The number of Topliss-reactive ketones (excluding diaryl/α,β-unsaturated/α-hetero) is 1. The second-order valence-corrected chi connectivity index (χ2v) is 8.67. The first-order valence-electron chi connectivity index (χ1n) is 9.79. The molecule has 148 valence electrons. The van der Waals surface area contributed by atoms with Gasteiger partial charge in [-0.1, -0.05) is 24.3 Å². The van der Waals surface area contributed by atoms with Crippen LogP contribution in [0.15, 0.2) is 36.7 Å². The van der Waals surface area contributed by atoms with E-state index in [1.54, 1.807) is 17.3 Å². The lowest BCUT2D eigenvalue weighted by atomic mass is 9.80. The van der Waals surface area contributed by atoms with Crippen LogP contribution in [-0.4, -0.2) is 52.7 Å². The molecule has 0 aliphatic carbocycles. The lowest BCUT2D eigenvalue weighted by Gasteiger charge is -2.47. The summed E-state index contributed by atoms with van der Waals surface area (Å²) in [5.41, 5.74) is 0.112. The summed E-state index contributed by atoms with van der Waals surface area (Å²) in [6.07, 6.45) is 4.29. The van der Waals surface area contributed by atoms with Crippen molar-refractivity contribution in [2.75, 3.05) is 13.2 Å². The predicted octanol–water partition coefficient (Wildman–Crippen LogP) is 3.83. The molecule has 2 aliphatic heterocycles. The number of nitrogens with zero attached hydrogens (tertiary/aromatic N) is 2. The Morgan fingerprint density at radius 2 is 1.79 bits per heavy atom. The van der Waals surface area contributed by atoms with Gasteiger partial charge in [-0.25, -0.2) is 4.79 Å². The number of pyridine rings is 1. The maximum atomic E-state index is 13.3. The van der Waals surface area contributed by atoms with E-state index in [1.165, 1.54) is 0 Å². The molecule has 2 bridgehead atoms. The lowest BCUT2D eigenvalue weighted by molar-refractivity contribution is -0.0861. The Morgan fingerprint density at radius 3 is 2.46 bits per heavy atom. The Bertz CT molecular complexity index is 886. The highest BCUT2D eigenvalue weighted by molar-refractivity contribution is 6.08. The molecule has 2 atom stereocenters. The molecule has 2 aromatic rings. The van der Waals surface area contributed by atoms with E-state index in [0.717, 1.165) is 10.8 Å². The number of amides is 1. The molecule has 6 nitrogen and oxygen atoms in total. The third-order valence-electron chi connectivity index (χ3n) is 5.43. The number of ketones is 1. The Morgan fingerprint density at radius 1 is 1.11 bits per heavy atom. The second kappa shape index (κ2) is 7.17. The molecule has 4 rings (SSSR count). The molecule has 1 aromatic heterocycles. The molecule has 0 saturated carbocycles. The fraction of sp³-hybridized carbons (Fsp3) is 0.500. The van der Waals surface area contributed by atoms with Gasteiger partial charge in [0.05, 0.1) is 25.3 Å². The third kappa shape index (κ3) is 3.61. The summed E-state index contributed by atoms with van der Waals surface area (Å²) in [7, 11) is 0. The summed E-state index contributed by atoms with van der Waals surface area (Å²) < 4.78 is 11.3. The molecule has 1 amide bonds. The lowest BCUT2D eigenvalue weighted by Crippen LogP contribution is -2.60. The van der Waals surface area contributed by atoms with Gasteiger partial charge < -0.3 is 9.47 Å². The van der Waals surface area contributed by atoms with Crippen LogP contribution in [0.5, 0.6) is 0 Å². The number of hydrogen-bond donors (Lipinski definition) is 0. The Labute approximate surface area is 164 Å². The van der Waals surface area contributed by atoms with Crippen LogP contribution >= 0.6 is 0 Å². The van der Waals surface area contributed by atoms with Gasteiger partial charge in [-0.05, 0) is 39.0 Å². The SMILES string of the molecule is CC(C)(C)OC(=O)N1C2COCC1CC(C(=O)c1cncc3ccccc13)C2. The number of ether oxygens (including phenoxy) is 2. The van der Waals surface area contributed by atoms with Gasteiger partial charge in [0.15, 0.2) is 5.78 Å². The van der Waals surface area contributed by atoms with Crippen molar-refractivity contribution >= 4 is 22.6 Å². The smallest absolute Gasteiger partial charge is 0.410 e. The zero-order valence-corrected chi connectivity index (χ0v) is 16.6. The van der Waals surface area contributed by atoms with E-state index in [2.05, 4.69) is 4.98 Å². The van der Waals surface area contributed by atoms with Gasteiger partial charge in [0.25, 0.3) is 0 Å². The van der Waals surface area contributed by atoms with Crippen molar-refractivity contribution in [3.8, 4) is 0 Å². The standard InChI is InChI=1S/C22H26N2O4/c1-22(2,3)28-21(26)24-16-8-15(9-17(24)13-27-12-16)20(25)19-11-23-10-14-6-4-5-7-18(14)19/h4-7,10-11,15-17H,8-9,12-13H2,1-3H3. The molecule has 6 heteroatoms. The third-order valence-corrected chi connectivity index (χ3v) is 5.43. The summed E-state index contributed by atoms with van der Waals surface area (Å²) in [4.78, 5) is 32.1. The minimum absolute atomic E-state index is 0.102. The fourth-order valence-electron chi connectivity index (χ4n) is 4.27. The van der Waals surface area contributed by atoms with Crippen LogP contribution in [0.25, 0.3) is 10.8 Å². The molecule has 1 aromatic carbocycles. The van der Waals surface area contributed by atoms with Crippen LogP contribution in [-0.2, 0) is 9.47 Å². The number of morpholine rings is 1. The van der Waals surface area contributed by atoms with Crippen LogP contribution in [0.4, 0.5) is 4.79 Å². The Kier molecular flexibility index (Phi) is 4.83. The van der Waals surface area contributed by atoms with Gasteiger partial charge in [0.2, 0.25) is 0 Å². The number of rotatable bonds is 2. The van der Waals surface area contributed by atoms with E-state index >= 15 is 0 Å². The second-order valence-electron chi connectivity index (χ2n) is 8.67. The molecule has 3 heterocycles. The average molecular weight is 382 g/mol. The zero-order chi connectivity index (χ0) is 19.9. The van der Waals surface area contributed by atoms with Crippen molar-refractivity contribution in [2.45, 2.75) is 51.3 Å². The van der Waals surface area contributed by atoms with Crippen molar-refractivity contribution < 1.29 is 19.1 Å². The molecular weight excluding hydrogens is 356 g/mol. The van der Waals surface area contributed by atoms with Crippen LogP contribution in [0.3, 0.4) is 0 Å². The van der Waals surface area contributed by atoms with Gasteiger partial charge in [0, 0.05) is 29.3 Å². The highest BCUT2D eigenvalue weighted by Gasteiger charge is 2.45. The molecule has 0 radical (unpaired) electrons. The van der Waals surface area contributed by atoms with Crippen molar-refractivity contribution in [3.63, 3.8) is 0 Å². The first kappa shape index (κ1) is 18.9. The number of carbonyl (C=O) groups excluding carboxylic acids is 2.